The Kier molecular flexibility index (Phi) is 5.61. The number of hydrogen-bond acceptors (Lipinski definition) is 1. The van der Waals surface area contributed by atoms with Crippen molar-refractivity contribution in [1.82, 2.24) is 5.32 Å². The van der Waals surface area contributed by atoms with Crippen molar-refractivity contribution in [2.24, 2.45) is 11.3 Å². The summed E-state index contributed by atoms with van der Waals surface area (Å²) in [5.41, 5.74) is 1.14. The molecule has 0 aliphatic rings. The van der Waals surface area contributed by atoms with E-state index in [4.69, 9.17) is 11.6 Å². The van der Waals surface area contributed by atoms with Crippen LogP contribution in [0.3, 0.4) is 0 Å². The van der Waals surface area contributed by atoms with Crippen molar-refractivity contribution in [2.45, 2.75) is 34.1 Å². The second-order valence-corrected chi connectivity index (χ2v) is 5.91. The Labute approximate surface area is 115 Å². The number of hydrogen-bond donors (Lipinski definition) is 1. The molecule has 0 aliphatic heterocycles. The number of nitrogens with one attached hydrogen (secondary N) is 1. The molecule has 0 fully saturated rings. The molecule has 1 unspecified atom stereocenters. The van der Waals surface area contributed by atoms with Gasteiger partial charge in [0.25, 0.3) is 0 Å². The molecular formula is C15H23ClFN. The molecule has 0 heterocycles. The van der Waals surface area contributed by atoms with Crippen molar-refractivity contribution in [2.75, 3.05) is 13.1 Å². The molecule has 1 rings (SSSR count). The van der Waals surface area contributed by atoms with Gasteiger partial charge in [0, 0.05) is 11.6 Å². The molecule has 1 nitrogen and oxygen atoms in total. The van der Waals surface area contributed by atoms with Gasteiger partial charge in [0.15, 0.2) is 0 Å². The maximum Gasteiger partial charge on any atom is 0.124 e. The molecule has 1 aromatic carbocycles. The quantitative estimate of drug-likeness (QED) is 0.814. The Hall–Kier alpha value is -0.600. The fourth-order valence-electron chi connectivity index (χ4n) is 1.98. The average molecular weight is 272 g/mol. The Morgan fingerprint density at radius 1 is 1.39 bits per heavy atom. The normalized spacial score (nSPS) is 14.8. The molecule has 3 heteroatoms. The third kappa shape index (κ3) is 3.96. The molecule has 0 aromatic heterocycles. The zero-order chi connectivity index (χ0) is 13.8. The fraction of sp³-hybridized carbons (Fsp3) is 0.600. The van der Waals surface area contributed by atoms with Crippen molar-refractivity contribution < 1.29 is 4.39 Å². The minimum atomic E-state index is -0.276. The Bertz CT molecular complexity index is 392. The van der Waals surface area contributed by atoms with Gasteiger partial charge in [-0.15, -0.1) is 0 Å². The lowest BCUT2D eigenvalue weighted by atomic mass is 9.74. The number of benzene rings is 1. The van der Waals surface area contributed by atoms with Crippen LogP contribution in [0, 0.1) is 17.2 Å². The van der Waals surface area contributed by atoms with Gasteiger partial charge in [-0.1, -0.05) is 45.4 Å². The highest BCUT2D eigenvalue weighted by atomic mass is 35.5. The van der Waals surface area contributed by atoms with Gasteiger partial charge in [-0.25, -0.2) is 4.39 Å². The van der Waals surface area contributed by atoms with E-state index < -0.39 is 0 Å². The van der Waals surface area contributed by atoms with Crippen LogP contribution >= 0.6 is 11.6 Å². The zero-order valence-electron chi connectivity index (χ0n) is 11.7. The van der Waals surface area contributed by atoms with Gasteiger partial charge in [0.05, 0.1) is 0 Å². The minimum Gasteiger partial charge on any atom is -0.316 e. The second-order valence-electron chi connectivity index (χ2n) is 5.50. The van der Waals surface area contributed by atoms with Crippen LogP contribution < -0.4 is 5.32 Å². The number of rotatable bonds is 6. The molecule has 1 N–H and O–H groups in total. The first-order valence-corrected chi connectivity index (χ1v) is 6.91. The van der Waals surface area contributed by atoms with Gasteiger partial charge >= 0.3 is 0 Å². The van der Waals surface area contributed by atoms with E-state index in [1.165, 1.54) is 12.1 Å². The topological polar surface area (TPSA) is 12.0 Å². The summed E-state index contributed by atoms with van der Waals surface area (Å²) in [6.07, 6.45) is 0.858. The maximum absolute atomic E-state index is 13.0. The molecule has 0 saturated heterocycles. The van der Waals surface area contributed by atoms with Crippen LogP contribution in [0.1, 0.15) is 33.3 Å². The summed E-state index contributed by atoms with van der Waals surface area (Å²) in [4.78, 5) is 0. The molecule has 1 atom stereocenters. The lowest BCUT2D eigenvalue weighted by molar-refractivity contribution is 0.209. The Morgan fingerprint density at radius 2 is 2.06 bits per heavy atom. The highest BCUT2D eigenvalue weighted by molar-refractivity contribution is 6.31. The van der Waals surface area contributed by atoms with Gasteiger partial charge < -0.3 is 5.32 Å². The first-order valence-electron chi connectivity index (χ1n) is 6.53. The molecule has 0 saturated carbocycles. The van der Waals surface area contributed by atoms with E-state index in [0.29, 0.717) is 10.9 Å². The molecule has 0 amide bonds. The molecule has 0 aliphatic carbocycles. The number of halogens is 2. The lowest BCUT2D eigenvalue weighted by Crippen LogP contribution is -2.38. The Balaban J connectivity index is 2.89. The molecule has 0 radical (unpaired) electrons. The van der Waals surface area contributed by atoms with E-state index in [0.717, 1.165) is 25.1 Å². The molecule has 0 spiro atoms. The summed E-state index contributed by atoms with van der Waals surface area (Å²) < 4.78 is 13.0. The van der Waals surface area contributed by atoms with Crippen LogP contribution in [0.25, 0.3) is 0 Å². The fourth-order valence-corrected chi connectivity index (χ4v) is 2.22. The molecule has 0 bridgehead atoms. The Morgan fingerprint density at radius 3 is 2.56 bits per heavy atom. The van der Waals surface area contributed by atoms with Crippen LogP contribution in [0.15, 0.2) is 18.2 Å². The van der Waals surface area contributed by atoms with Crippen molar-refractivity contribution >= 4 is 11.6 Å². The predicted molar refractivity (Wildman–Crippen MR) is 76.6 cm³/mol. The van der Waals surface area contributed by atoms with Crippen molar-refractivity contribution in [1.29, 1.82) is 0 Å². The van der Waals surface area contributed by atoms with Crippen molar-refractivity contribution in [3.05, 3.63) is 34.6 Å². The largest absolute Gasteiger partial charge is 0.316 e. The van der Waals surface area contributed by atoms with Crippen molar-refractivity contribution in [3.63, 3.8) is 0 Å². The molecule has 102 valence electrons. The van der Waals surface area contributed by atoms with Gasteiger partial charge in [-0.2, -0.15) is 0 Å². The second kappa shape index (κ2) is 6.53. The van der Waals surface area contributed by atoms with Gasteiger partial charge in [0.2, 0.25) is 0 Å². The van der Waals surface area contributed by atoms with E-state index in [-0.39, 0.29) is 11.2 Å². The van der Waals surface area contributed by atoms with Gasteiger partial charge in [-0.3, -0.25) is 0 Å². The zero-order valence-corrected chi connectivity index (χ0v) is 12.4. The summed E-state index contributed by atoms with van der Waals surface area (Å²) in [5.74, 6) is 0.249. The summed E-state index contributed by atoms with van der Waals surface area (Å²) in [7, 11) is 0. The minimum absolute atomic E-state index is 0.122. The van der Waals surface area contributed by atoms with E-state index in [1.807, 2.05) is 0 Å². The van der Waals surface area contributed by atoms with Gasteiger partial charge in [-0.05, 0) is 42.0 Å². The smallest absolute Gasteiger partial charge is 0.124 e. The summed E-state index contributed by atoms with van der Waals surface area (Å²) >= 11 is 6.11. The van der Waals surface area contributed by atoms with E-state index in [1.54, 1.807) is 6.07 Å². The van der Waals surface area contributed by atoms with E-state index in [2.05, 4.69) is 33.0 Å². The standard InChI is InChI=1S/C15H23ClFN/c1-5-18-10-15(4,11(2)3)9-12-6-7-13(17)8-14(12)16/h6-8,11,18H,5,9-10H2,1-4H3. The van der Waals surface area contributed by atoms with Crippen molar-refractivity contribution in [3.8, 4) is 0 Å². The van der Waals surface area contributed by atoms with Crippen LogP contribution in [-0.2, 0) is 6.42 Å². The van der Waals surface area contributed by atoms with Gasteiger partial charge in [0.1, 0.15) is 5.82 Å². The molecule has 1 aromatic rings. The predicted octanol–water partition coefficient (Wildman–Crippen LogP) is 4.29. The highest BCUT2D eigenvalue weighted by Gasteiger charge is 2.28. The first-order chi connectivity index (χ1) is 8.39. The third-order valence-corrected chi connectivity index (χ3v) is 4.13. The summed E-state index contributed by atoms with van der Waals surface area (Å²) in [5, 5.41) is 3.93. The first kappa shape index (κ1) is 15.5. The maximum atomic E-state index is 13.0. The highest BCUT2D eigenvalue weighted by Crippen LogP contribution is 2.33. The third-order valence-electron chi connectivity index (χ3n) is 3.78. The summed E-state index contributed by atoms with van der Waals surface area (Å²) in [6, 6.07) is 4.67. The SMILES string of the molecule is CCNCC(C)(Cc1ccc(F)cc1Cl)C(C)C. The van der Waals surface area contributed by atoms with Crippen LogP contribution in [0.4, 0.5) is 4.39 Å². The van der Waals surface area contributed by atoms with E-state index >= 15 is 0 Å². The molecular weight excluding hydrogens is 249 g/mol. The van der Waals surface area contributed by atoms with Crippen LogP contribution in [0.5, 0.6) is 0 Å². The monoisotopic (exact) mass is 271 g/mol. The van der Waals surface area contributed by atoms with Crippen LogP contribution in [0.2, 0.25) is 5.02 Å². The molecule has 18 heavy (non-hydrogen) atoms. The average Bonchev–Trinajstić information content (AvgIpc) is 2.30. The van der Waals surface area contributed by atoms with Crippen LogP contribution in [-0.4, -0.2) is 13.1 Å². The van der Waals surface area contributed by atoms with E-state index in [9.17, 15) is 4.39 Å². The lowest BCUT2D eigenvalue weighted by Gasteiger charge is -2.34. The summed E-state index contributed by atoms with van der Waals surface area (Å²) in [6.45, 7) is 10.7.